The van der Waals surface area contributed by atoms with E-state index in [4.69, 9.17) is 14.2 Å². The van der Waals surface area contributed by atoms with E-state index >= 15 is 0 Å². The second-order valence-electron chi connectivity index (χ2n) is 6.23. The number of hydrogen-bond donors (Lipinski definition) is 0. The van der Waals surface area contributed by atoms with Crippen LogP contribution >= 0.6 is 0 Å². The summed E-state index contributed by atoms with van der Waals surface area (Å²) in [6.45, 7) is 9.29. The summed E-state index contributed by atoms with van der Waals surface area (Å²) in [6, 6.07) is 0. The second kappa shape index (κ2) is 11.4. The average Bonchev–Trinajstić information content (AvgIpc) is 2.48. The maximum absolute atomic E-state index is 5.90. The fourth-order valence-electron chi connectivity index (χ4n) is 3.34. The van der Waals surface area contributed by atoms with Crippen molar-refractivity contribution in [2.75, 3.05) is 20.8 Å². The highest BCUT2D eigenvalue weighted by Crippen LogP contribution is 2.44. The highest BCUT2D eigenvalue weighted by atomic mass is 16.9. The summed E-state index contributed by atoms with van der Waals surface area (Å²) in [4.78, 5) is 0. The summed E-state index contributed by atoms with van der Waals surface area (Å²) in [6.07, 6.45) is 11.1. The number of rotatable bonds is 14. The number of ether oxygens (including phenoxy) is 3. The van der Waals surface area contributed by atoms with Crippen molar-refractivity contribution in [2.45, 2.75) is 91.5 Å². The van der Waals surface area contributed by atoms with Gasteiger partial charge in [0.1, 0.15) is 0 Å². The predicted molar refractivity (Wildman–Crippen MR) is 89.4 cm³/mol. The van der Waals surface area contributed by atoms with Gasteiger partial charge in [0.05, 0.1) is 0 Å². The van der Waals surface area contributed by atoms with Crippen molar-refractivity contribution in [1.29, 1.82) is 0 Å². The quantitative estimate of drug-likeness (QED) is 0.312. The van der Waals surface area contributed by atoms with Gasteiger partial charge in [0, 0.05) is 26.2 Å². The minimum atomic E-state index is -0.915. The molecule has 0 aromatic rings. The van der Waals surface area contributed by atoms with Crippen LogP contribution in [0.25, 0.3) is 0 Å². The van der Waals surface area contributed by atoms with Crippen LogP contribution in [0.4, 0.5) is 0 Å². The lowest BCUT2D eigenvalue weighted by molar-refractivity contribution is -0.413. The Bertz CT molecular complexity index is 239. The molecule has 1 unspecified atom stereocenters. The van der Waals surface area contributed by atoms with Crippen LogP contribution in [0.3, 0.4) is 0 Å². The van der Waals surface area contributed by atoms with Gasteiger partial charge in [-0.3, -0.25) is 0 Å². The van der Waals surface area contributed by atoms with E-state index in [1.54, 1.807) is 14.2 Å². The van der Waals surface area contributed by atoms with Gasteiger partial charge in [0.15, 0.2) is 0 Å². The van der Waals surface area contributed by atoms with E-state index in [-0.39, 0.29) is 5.41 Å². The van der Waals surface area contributed by atoms with Crippen LogP contribution in [-0.4, -0.2) is 26.8 Å². The SMILES string of the molecule is CCCCCCCCC(C)(CCC)C(OC)(OC)OCC. The third-order valence-corrected chi connectivity index (χ3v) is 4.49. The molecule has 0 saturated carbocycles. The minimum Gasteiger partial charge on any atom is -0.330 e. The molecule has 21 heavy (non-hydrogen) atoms. The van der Waals surface area contributed by atoms with Gasteiger partial charge in [0.2, 0.25) is 0 Å². The number of methoxy groups -OCH3 is 2. The molecular weight excluding hydrogens is 264 g/mol. The molecule has 1 atom stereocenters. The summed E-state index contributed by atoms with van der Waals surface area (Å²) in [5.41, 5.74) is -0.105. The third-order valence-electron chi connectivity index (χ3n) is 4.49. The van der Waals surface area contributed by atoms with Gasteiger partial charge in [-0.2, -0.15) is 0 Å². The smallest absolute Gasteiger partial charge is 0.288 e. The molecule has 0 spiro atoms. The van der Waals surface area contributed by atoms with Crippen LogP contribution in [0, 0.1) is 5.41 Å². The highest BCUT2D eigenvalue weighted by molar-refractivity contribution is 4.84. The summed E-state index contributed by atoms with van der Waals surface area (Å²) < 4.78 is 17.3. The van der Waals surface area contributed by atoms with Crippen molar-refractivity contribution in [3.63, 3.8) is 0 Å². The molecule has 0 heterocycles. The largest absolute Gasteiger partial charge is 0.330 e. The first kappa shape index (κ1) is 20.9. The number of unbranched alkanes of at least 4 members (excludes halogenated alkanes) is 5. The molecule has 0 fully saturated rings. The van der Waals surface area contributed by atoms with Crippen molar-refractivity contribution < 1.29 is 14.2 Å². The Morgan fingerprint density at radius 1 is 0.714 bits per heavy atom. The lowest BCUT2D eigenvalue weighted by Crippen LogP contribution is -2.52. The molecule has 0 saturated heterocycles. The molecule has 0 N–H and O–H groups in total. The van der Waals surface area contributed by atoms with E-state index in [9.17, 15) is 0 Å². The van der Waals surface area contributed by atoms with Crippen molar-refractivity contribution in [2.24, 2.45) is 5.41 Å². The molecule has 0 aliphatic rings. The lowest BCUT2D eigenvalue weighted by Gasteiger charge is -2.45. The Morgan fingerprint density at radius 3 is 1.76 bits per heavy atom. The molecule has 0 rings (SSSR count). The van der Waals surface area contributed by atoms with Crippen LogP contribution < -0.4 is 0 Å². The van der Waals surface area contributed by atoms with Gasteiger partial charge in [-0.25, -0.2) is 0 Å². The van der Waals surface area contributed by atoms with Gasteiger partial charge in [-0.1, -0.05) is 65.7 Å². The molecule has 128 valence electrons. The molecule has 0 bridgehead atoms. The Hall–Kier alpha value is -0.120. The fourth-order valence-corrected chi connectivity index (χ4v) is 3.34. The zero-order valence-electron chi connectivity index (χ0n) is 15.3. The van der Waals surface area contributed by atoms with Crippen molar-refractivity contribution in [3.8, 4) is 0 Å². The van der Waals surface area contributed by atoms with Crippen molar-refractivity contribution in [1.82, 2.24) is 0 Å². The standard InChI is InChI=1S/C18H38O3/c1-7-10-11-12-13-14-16-17(4,15-8-2)18(19-5,20-6)21-9-3/h7-16H2,1-6H3. The van der Waals surface area contributed by atoms with E-state index in [1.807, 2.05) is 6.92 Å². The molecule has 0 aromatic carbocycles. The van der Waals surface area contributed by atoms with E-state index in [0.29, 0.717) is 6.61 Å². The van der Waals surface area contributed by atoms with Gasteiger partial charge in [0.25, 0.3) is 5.97 Å². The summed E-state index contributed by atoms with van der Waals surface area (Å²) in [7, 11) is 3.38. The van der Waals surface area contributed by atoms with E-state index < -0.39 is 5.97 Å². The van der Waals surface area contributed by atoms with Gasteiger partial charge in [-0.05, 0) is 19.8 Å². The van der Waals surface area contributed by atoms with E-state index in [2.05, 4.69) is 20.8 Å². The van der Waals surface area contributed by atoms with Crippen LogP contribution in [0.15, 0.2) is 0 Å². The molecule has 3 heteroatoms. The average molecular weight is 302 g/mol. The van der Waals surface area contributed by atoms with E-state index in [0.717, 1.165) is 19.3 Å². The topological polar surface area (TPSA) is 27.7 Å². The zero-order valence-corrected chi connectivity index (χ0v) is 15.3. The molecular formula is C18H38O3. The monoisotopic (exact) mass is 302 g/mol. The second-order valence-corrected chi connectivity index (χ2v) is 6.23. The van der Waals surface area contributed by atoms with Crippen LogP contribution in [0.1, 0.15) is 85.5 Å². The minimum absolute atomic E-state index is 0.105. The summed E-state index contributed by atoms with van der Waals surface area (Å²) in [5, 5.41) is 0. The normalized spacial score (nSPS) is 15.1. The molecule has 3 nitrogen and oxygen atoms in total. The van der Waals surface area contributed by atoms with Crippen molar-refractivity contribution in [3.05, 3.63) is 0 Å². The molecule has 0 aromatic heterocycles. The molecule has 0 aliphatic carbocycles. The fraction of sp³-hybridized carbons (Fsp3) is 1.00. The molecule has 0 aliphatic heterocycles. The summed E-state index contributed by atoms with van der Waals surface area (Å²) >= 11 is 0. The Balaban J connectivity index is 4.63. The zero-order chi connectivity index (χ0) is 16.2. The van der Waals surface area contributed by atoms with Crippen LogP contribution in [0.5, 0.6) is 0 Å². The predicted octanol–water partition coefficient (Wildman–Crippen LogP) is 5.53. The van der Waals surface area contributed by atoms with Crippen LogP contribution in [0.2, 0.25) is 0 Å². The molecule has 0 radical (unpaired) electrons. The lowest BCUT2D eigenvalue weighted by atomic mass is 9.77. The van der Waals surface area contributed by atoms with E-state index in [1.165, 1.54) is 38.5 Å². The summed E-state index contributed by atoms with van der Waals surface area (Å²) in [5.74, 6) is -0.915. The molecule has 0 amide bonds. The maximum atomic E-state index is 5.90. The first-order chi connectivity index (χ1) is 10.1. The van der Waals surface area contributed by atoms with Gasteiger partial charge in [-0.15, -0.1) is 0 Å². The first-order valence-electron chi connectivity index (χ1n) is 8.80. The maximum Gasteiger partial charge on any atom is 0.288 e. The first-order valence-corrected chi connectivity index (χ1v) is 8.80. The highest BCUT2D eigenvalue weighted by Gasteiger charge is 2.49. The Labute approximate surface area is 132 Å². The Kier molecular flexibility index (Phi) is 11.4. The Morgan fingerprint density at radius 2 is 1.29 bits per heavy atom. The van der Waals surface area contributed by atoms with Gasteiger partial charge < -0.3 is 14.2 Å². The third kappa shape index (κ3) is 6.25. The van der Waals surface area contributed by atoms with Crippen LogP contribution in [-0.2, 0) is 14.2 Å². The van der Waals surface area contributed by atoms with Crippen molar-refractivity contribution >= 4 is 0 Å². The van der Waals surface area contributed by atoms with Gasteiger partial charge >= 0.3 is 0 Å². The number of hydrogen-bond acceptors (Lipinski definition) is 3.